The van der Waals surface area contributed by atoms with Crippen LogP contribution in [0.3, 0.4) is 0 Å². The van der Waals surface area contributed by atoms with E-state index in [9.17, 15) is 36.7 Å². The predicted octanol–water partition coefficient (Wildman–Crippen LogP) is 3.94. The molecule has 2 aromatic rings. The Morgan fingerprint density at radius 2 is 1.00 bits per heavy atom. The monoisotopic (exact) mass is 424 g/mol. The SMILES string of the molecule is CC(=O)c1cccc(NC(=O)C(F)(F)C(F)(F)C(=O)Nc2cccc(C(C)=O)c2)c1. The Kier molecular flexibility index (Phi) is 6.39. The van der Waals surface area contributed by atoms with Crippen molar-refractivity contribution in [3.63, 3.8) is 0 Å². The third-order valence-corrected chi connectivity index (χ3v) is 4.02. The zero-order valence-corrected chi connectivity index (χ0v) is 15.8. The number of halogens is 4. The molecule has 0 heterocycles. The Morgan fingerprint density at radius 3 is 1.30 bits per heavy atom. The first-order chi connectivity index (χ1) is 13.9. The Balaban J connectivity index is 2.21. The maximum atomic E-state index is 14.2. The highest BCUT2D eigenvalue weighted by molar-refractivity contribution is 6.06. The highest BCUT2D eigenvalue weighted by atomic mass is 19.3. The molecule has 0 radical (unpaired) electrons. The predicted molar refractivity (Wildman–Crippen MR) is 100 cm³/mol. The molecule has 0 aromatic heterocycles. The minimum Gasteiger partial charge on any atom is -0.321 e. The summed E-state index contributed by atoms with van der Waals surface area (Å²) < 4.78 is 56.6. The molecular weight excluding hydrogens is 408 g/mol. The zero-order chi connectivity index (χ0) is 22.7. The van der Waals surface area contributed by atoms with Gasteiger partial charge in [-0.05, 0) is 38.1 Å². The third-order valence-electron chi connectivity index (χ3n) is 4.02. The lowest BCUT2D eigenvalue weighted by Gasteiger charge is -2.24. The van der Waals surface area contributed by atoms with Crippen molar-refractivity contribution in [2.24, 2.45) is 0 Å². The fourth-order valence-electron chi connectivity index (χ4n) is 2.34. The first kappa shape index (κ1) is 22.7. The van der Waals surface area contributed by atoms with Crippen LogP contribution in [0, 0.1) is 0 Å². The highest BCUT2D eigenvalue weighted by Crippen LogP contribution is 2.36. The van der Waals surface area contributed by atoms with E-state index >= 15 is 0 Å². The van der Waals surface area contributed by atoms with Crippen molar-refractivity contribution in [2.45, 2.75) is 25.7 Å². The molecular formula is C20H16F4N2O4. The van der Waals surface area contributed by atoms with Gasteiger partial charge in [0.25, 0.3) is 0 Å². The number of rotatable bonds is 7. The Bertz CT molecular complexity index is 940. The maximum Gasteiger partial charge on any atom is 0.396 e. The summed E-state index contributed by atoms with van der Waals surface area (Å²) in [6, 6.07) is 9.50. The van der Waals surface area contributed by atoms with Crippen molar-refractivity contribution >= 4 is 34.8 Å². The topological polar surface area (TPSA) is 92.3 Å². The molecule has 2 N–H and O–H groups in total. The van der Waals surface area contributed by atoms with Gasteiger partial charge in [-0.3, -0.25) is 19.2 Å². The first-order valence-electron chi connectivity index (χ1n) is 8.47. The van der Waals surface area contributed by atoms with Crippen molar-refractivity contribution < 1.29 is 36.7 Å². The molecule has 0 unspecified atom stereocenters. The number of benzene rings is 2. The van der Waals surface area contributed by atoms with Gasteiger partial charge in [-0.15, -0.1) is 0 Å². The Hall–Kier alpha value is -3.56. The van der Waals surface area contributed by atoms with E-state index < -0.39 is 35.2 Å². The number of nitrogens with one attached hydrogen (secondary N) is 2. The molecule has 2 rings (SSSR count). The molecule has 158 valence electrons. The van der Waals surface area contributed by atoms with Gasteiger partial charge in [0.1, 0.15) is 0 Å². The lowest BCUT2D eigenvalue weighted by atomic mass is 10.1. The number of amides is 2. The van der Waals surface area contributed by atoms with Gasteiger partial charge in [-0.1, -0.05) is 24.3 Å². The van der Waals surface area contributed by atoms with Gasteiger partial charge >= 0.3 is 23.7 Å². The summed E-state index contributed by atoms with van der Waals surface area (Å²) in [7, 11) is 0. The molecule has 0 atom stereocenters. The summed E-state index contributed by atoms with van der Waals surface area (Å²) >= 11 is 0. The van der Waals surface area contributed by atoms with Crippen LogP contribution in [0.25, 0.3) is 0 Å². The van der Waals surface area contributed by atoms with Crippen molar-refractivity contribution in [1.29, 1.82) is 0 Å². The summed E-state index contributed by atoms with van der Waals surface area (Å²) in [6.07, 6.45) is 0. The molecule has 0 aliphatic rings. The number of hydrogen-bond acceptors (Lipinski definition) is 4. The highest BCUT2D eigenvalue weighted by Gasteiger charge is 2.67. The van der Waals surface area contributed by atoms with Crippen molar-refractivity contribution in [2.75, 3.05) is 10.6 Å². The number of ketones is 2. The first-order valence-corrected chi connectivity index (χ1v) is 8.47. The molecule has 2 aromatic carbocycles. The molecule has 0 saturated carbocycles. The van der Waals surface area contributed by atoms with Crippen LogP contribution in [0.5, 0.6) is 0 Å². The number of anilines is 2. The normalized spacial score (nSPS) is 11.5. The second-order valence-electron chi connectivity index (χ2n) is 6.33. The number of Topliss-reactive ketones (excluding diaryl/α,β-unsaturated/α-hetero) is 2. The molecule has 0 spiro atoms. The van der Waals surface area contributed by atoms with Crippen LogP contribution < -0.4 is 10.6 Å². The summed E-state index contributed by atoms with van der Waals surface area (Å²) in [6.45, 7) is 2.38. The smallest absolute Gasteiger partial charge is 0.321 e. The van der Waals surface area contributed by atoms with Crippen molar-refractivity contribution in [1.82, 2.24) is 0 Å². The summed E-state index contributed by atoms with van der Waals surface area (Å²) in [4.78, 5) is 46.3. The van der Waals surface area contributed by atoms with Crippen molar-refractivity contribution in [3.05, 3.63) is 59.7 Å². The van der Waals surface area contributed by atoms with Gasteiger partial charge in [-0.2, -0.15) is 17.6 Å². The Morgan fingerprint density at radius 1 is 0.667 bits per heavy atom. The molecule has 6 nitrogen and oxygen atoms in total. The fraction of sp³-hybridized carbons (Fsp3) is 0.200. The van der Waals surface area contributed by atoms with Gasteiger partial charge in [0.05, 0.1) is 0 Å². The second kappa shape index (κ2) is 8.44. The molecule has 30 heavy (non-hydrogen) atoms. The number of carbonyl (C=O) groups excluding carboxylic acids is 4. The Labute approximate surface area is 168 Å². The minimum absolute atomic E-state index is 0.0611. The van der Waals surface area contributed by atoms with E-state index in [-0.39, 0.29) is 22.5 Å². The van der Waals surface area contributed by atoms with Crippen molar-refractivity contribution in [3.8, 4) is 0 Å². The van der Waals surface area contributed by atoms with E-state index in [2.05, 4.69) is 0 Å². The van der Waals surface area contributed by atoms with E-state index in [1.54, 1.807) is 10.6 Å². The number of carbonyl (C=O) groups is 4. The maximum absolute atomic E-state index is 14.2. The lowest BCUT2D eigenvalue weighted by molar-refractivity contribution is -0.204. The van der Waals surface area contributed by atoms with Gasteiger partial charge in [-0.25, -0.2) is 0 Å². The van der Waals surface area contributed by atoms with Gasteiger partial charge < -0.3 is 10.6 Å². The van der Waals surface area contributed by atoms with Crippen LogP contribution in [0.1, 0.15) is 34.6 Å². The van der Waals surface area contributed by atoms with Crippen LogP contribution in [-0.2, 0) is 9.59 Å². The summed E-state index contributed by atoms with van der Waals surface area (Å²) in [5, 5.41) is 3.16. The van der Waals surface area contributed by atoms with E-state index in [1.165, 1.54) is 38.1 Å². The lowest BCUT2D eigenvalue weighted by Crippen LogP contribution is -2.56. The average molecular weight is 424 g/mol. The standard InChI is InChI=1S/C20H16F4N2O4/c1-11(27)13-5-3-7-15(9-13)25-17(29)19(21,22)20(23,24)18(30)26-16-8-4-6-14(10-16)12(2)28/h3-10H,1-2H3,(H,25,29)(H,26,30). The molecule has 0 aliphatic carbocycles. The quantitative estimate of drug-likeness (QED) is 0.520. The summed E-state index contributed by atoms with van der Waals surface area (Å²) in [5.41, 5.74) is -0.521. The van der Waals surface area contributed by atoms with E-state index in [0.29, 0.717) is 0 Å². The minimum atomic E-state index is -5.42. The molecule has 0 fully saturated rings. The van der Waals surface area contributed by atoms with Gasteiger partial charge in [0.2, 0.25) is 0 Å². The fourth-order valence-corrected chi connectivity index (χ4v) is 2.34. The molecule has 10 heteroatoms. The van der Waals surface area contributed by atoms with Crippen LogP contribution in [0.4, 0.5) is 28.9 Å². The van der Waals surface area contributed by atoms with E-state index in [0.717, 1.165) is 24.3 Å². The zero-order valence-electron chi connectivity index (χ0n) is 15.8. The van der Waals surface area contributed by atoms with Crippen LogP contribution in [-0.4, -0.2) is 35.2 Å². The largest absolute Gasteiger partial charge is 0.396 e. The van der Waals surface area contributed by atoms with Crippen LogP contribution >= 0.6 is 0 Å². The summed E-state index contributed by atoms with van der Waals surface area (Å²) in [5.74, 6) is -16.6. The van der Waals surface area contributed by atoms with E-state index in [4.69, 9.17) is 0 Å². The molecule has 2 amide bonds. The van der Waals surface area contributed by atoms with Gasteiger partial charge in [0.15, 0.2) is 11.6 Å². The molecule has 0 aliphatic heterocycles. The second-order valence-corrected chi connectivity index (χ2v) is 6.33. The average Bonchev–Trinajstić information content (AvgIpc) is 2.68. The van der Waals surface area contributed by atoms with Crippen LogP contribution in [0.2, 0.25) is 0 Å². The number of hydrogen-bond donors (Lipinski definition) is 2. The van der Waals surface area contributed by atoms with Crippen LogP contribution in [0.15, 0.2) is 48.5 Å². The molecule has 0 saturated heterocycles. The molecule has 0 bridgehead atoms. The van der Waals surface area contributed by atoms with Gasteiger partial charge in [0, 0.05) is 22.5 Å². The number of alkyl halides is 4. The third kappa shape index (κ3) is 4.70. The van der Waals surface area contributed by atoms with E-state index in [1.807, 2.05) is 0 Å².